The summed E-state index contributed by atoms with van der Waals surface area (Å²) in [6.07, 6.45) is 8.10. The first-order valence-electron chi connectivity index (χ1n) is 9.24. The molecular weight excluding hydrogens is 320 g/mol. The zero-order chi connectivity index (χ0) is 17.8. The second-order valence-corrected chi connectivity index (χ2v) is 7.19. The summed E-state index contributed by atoms with van der Waals surface area (Å²) >= 11 is 0. The molecule has 2 aliphatic heterocycles. The fourth-order valence-corrected chi connectivity index (χ4v) is 3.77. The number of hydrogen-bond acceptors (Lipinski definition) is 4. The Morgan fingerprint density at radius 3 is 2.80 bits per heavy atom. The Balaban J connectivity index is 1.76. The van der Waals surface area contributed by atoms with Gasteiger partial charge in [-0.05, 0) is 38.5 Å². The van der Waals surface area contributed by atoms with E-state index in [2.05, 4.69) is 10.2 Å². The van der Waals surface area contributed by atoms with Crippen LogP contribution in [0, 0.1) is 0 Å². The molecule has 0 aromatic carbocycles. The van der Waals surface area contributed by atoms with Crippen molar-refractivity contribution in [2.24, 2.45) is 0 Å². The van der Waals surface area contributed by atoms with E-state index in [1.807, 2.05) is 4.90 Å². The summed E-state index contributed by atoms with van der Waals surface area (Å²) in [6.45, 7) is 1.48. The van der Waals surface area contributed by atoms with Gasteiger partial charge in [0.2, 0.25) is 5.91 Å². The summed E-state index contributed by atoms with van der Waals surface area (Å²) in [5.41, 5.74) is 1.32. The highest BCUT2D eigenvalue weighted by atomic mass is 16.5. The van der Waals surface area contributed by atoms with Gasteiger partial charge in [-0.1, -0.05) is 0 Å². The number of hydrogen-bond donors (Lipinski definition) is 1. The van der Waals surface area contributed by atoms with E-state index < -0.39 is 0 Å². The lowest BCUT2D eigenvalue weighted by molar-refractivity contribution is -0.139. The average molecular weight is 348 g/mol. The predicted molar refractivity (Wildman–Crippen MR) is 93.1 cm³/mol. The van der Waals surface area contributed by atoms with Crippen molar-refractivity contribution in [2.75, 3.05) is 27.2 Å². The van der Waals surface area contributed by atoms with Crippen LogP contribution in [0.15, 0.2) is 6.20 Å². The summed E-state index contributed by atoms with van der Waals surface area (Å²) < 4.78 is 5.73. The van der Waals surface area contributed by atoms with E-state index in [1.54, 1.807) is 25.2 Å². The molecule has 2 aliphatic rings. The molecule has 7 nitrogen and oxygen atoms in total. The van der Waals surface area contributed by atoms with Crippen LogP contribution in [0.1, 0.15) is 67.0 Å². The third kappa shape index (κ3) is 4.03. The minimum absolute atomic E-state index is 0.0356. The van der Waals surface area contributed by atoms with E-state index in [4.69, 9.17) is 4.74 Å². The van der Waals surface area contributed by atoms with Gasteiger partial charge in [0.25, 0.3) is 5.91 Å². The number of likely N-dealkylation sites (tertiary alicyclic amines) is 1. The molecule has 0 unspecified atom stereocenters. The molecule has 0 bridgehead atoms. The Labute approximate surface area is 148 Å². The number of amides is 2. The molecule has 0 spiro atoms. The highest BCUT2D eigenvalue weighted by Crippen LogP contribution is 2.33. The average Bonchev–Trinajstić information content (AvgIpc) is 3.11. The minimum atomic E-state index is -0.105. The number of rotatable bonds is 4. The van der Waals surface area contributed by atoms with Crippen molar-refractivity contribution < 1.29 is 14.3 Å². The second kappa shape index (κ2) is 7.99. The maximum Gasteiger partial charge on any atom is 0.256 e. The maximum atomic E-state index is 12.9. The molecule has 2 fully saturated rings. The van der Waals surface area contributed by atoms with Crippen LogP contribution in [0.3, 0.4) is 0 Å². The van der Waals surface area contributed by atoms with Crippen LogP contribution < -0.4 is 0 Å². The van der Waals surface area contributed by atoms with Gasteiger partial charge < -0.3 is 14.5 Å². The standard InChI is InChI=1S/C18H28N4O3/c1-21(2)18(24)14-12-19-20-17(14)15-8-3-5-9-22(15)16(23)11-13-7-4-6-10-25-13/h12-13,15H,3-11H2,1-2H3,(H,19,20)/t13-,15+/m0/s1. The first-order valence-corrected chi connectivity index (χ1v) is 9.24. The molecule has 7 heteroatoms. The number of carbonyl (C=O) groups is 2. The van der Waals surface area contributed by atoms with E-state index >= 15 is 0 Å². The number of nitrogens with one attached hydrogen (secondary N) is 1. The highest BCUT2D eigenvalue weighted by Gasteiger charge is 2.33. The third-order valence-corrected chi connectivity index (χ3v) is 5.14. The molecule has 1 aromatic heterocycles. The van der Waals surface area contributed by atoms with Gasteiger partial charge in [-0.2, -0.15) is 5.10 Å². The zero-order valence-corrected chi connectivity index (χ0v) is 15.2. The fourth-order valence-electron chi connectivity index (χ4n) is 3.77. The van der Waals surface area contributed by atoms with E-state index in [0.29, 0.717) is 12.0 Å². The van der Waals surface area contributed by atoms with Gasteiger partial charge in [0.1, 0.15) is 0 Å². The summed E-state index contributed by atoms with van der Waals surface area (Å²) in [5, 5.41) is 7.05. The topological polar surface area (TPSA) is 78.5 Å². The van der Waals surface area contributed by atoms with E-state index in [9.17, 15) is 9.59 Å². The van der Waals surface area contributed by atoms with Gasteiger partial charge in [0.05, 0.1) is 36.0 Å². The first kappa shape index (κ1) is 17.9. The molecular formula is C18H28N4O3. The van der Waals surface area contributed by atoms with E-state index in [0.717, 1.165) is 57.4 Å². The molecule has 1 N–H and O–H groups in total. The van der Waals surface area contributed by atoms with Crippen LogP contribution >= 0.6 is 0 Å². The van der Waals surface area contributed by atoms with Crippen LogP contribution in [0.2, 0.25) is 0 Å². The molecule has 0 radical (unpaired) electrons. The minimum Gasteiger partial charge on any atom is -0.378 e. The number of aromatic amines is 1. The van der Waals surface area contributed by atoms with Crippen molar-refractivity contribution in [2.45, 2.75) is 57.1 Å². The van der Waals surface area contributed by atoms with E-state index in [1.165, 1.54) is 0 Å². The first-order chi connectivity index (χ1) is 12.1. The van der Waals surface area contributed by atoms with Crippen LogP contribution in [0.5, 0.6) is 0 Å². The number of carbonyl (C=O) groups excluding carboxylic acids is 2. The van der Waals surface area contributed by atoms with Crippen LogP contribution in [0.25, 0.3) is 0 Å². The van der Waals surface area contributed by atoms with Crippen molar-refractivity contribution in [3.63, 3.8) is 0 Å². The lowest BCUT2D eigenvalue weighted by atomic mass is 9.95. The molecule has 0 aliphatic carbocycles. The molecule has 25 heavy (non-hydrogen) atoms. The summed E-state index contributed by atoms with van der Waals surface area (Å²) in [7, 11) is 3.45. The summed E-state index contributed by atoms with van der Waals surface area (Å²) in [6, 6.07) is -0.105. The Hall–Kier alpha value is -1.89. The van der Waals surface area contributed by atoms with Gasteiger partial charge in [-0.15, -0.1) is 0 Å². The van der Waals surface area contributed by atoms with Crippen molar-refractivity contribution in [1.29, 1.82) is 0 Å². The SMILES string of the molecule is CN(C)C(=O)c1cn[nH]c1[C@H]1CCCCN1C(=O)C[C@@H]1CCCCO1. The predicted octanol–water partition coefficient (Wildman–Crippen LogP) is 2.12. The third-order valence-electron chi connectivity index (χ3n) is 5.14. The monoisotopic (exact) mass is 348 g/mol. The number of piperidine rings is 1. The molecule has 3 rings (SSSR count). The zero-order valence-electron chi connectivity index (χ0n) is 15.2. The van der Waals surface area contributed by atoms with Gasteiger partial charge in [0, 0.05) is 27.2 Å². The molecule has 138 valence electrons. The molecule has 0 saturated carbocycles. The number of aromatic nitrogens is 2. The second-order valence-electron chi connectivity index (χ2n) is 7.19. The fraction of sp³-hybridized carbons (Fsp3) is 0.722. The summed E-state index contributed by atoms with van der Waals surface area (Å²) in [4.78, 5) is 28.8. The van der Waals surface area contributed by atoms with Gasteiger partial charge >= 0.3 is 0 Å². The lowest BCUT2D eigenvalue weighted by Gasteiger charge is -2.37. The van der Waals surface area contributed by atoms with E-state index in [-0.39, 0.29) is 24.0 Å². The summed E-state index contributed by atoms with van der Waals surface area (Å²) in [5.74, 6) is 0.0341. The number of nitrogens with zero attached hydrogens (tertiary/aromatic N) is 3. The Morgan fingerprint density at radius 2 is 2.08 bits per heavy atom. The normalized spacial score (nSPS) is 24.2. The Bertz CT molecular complexity index is 607. The van der Waals surface area contributed by atoms with Crippen molar-refractivity contribution in [1.82, 2.24) is 20.0 Å². The number of H-pyrrole nitrogens is 1. The van der Waals surface area contributed by atoms with Crippen LogP contribution in [-0.2, 0) is 9.53 Å². The quantitative estimate of drug-likeness (QED) is 0.904. The van der Waals surface area contributed by atoms with Gasteiger partial charge in [-0.25, -0.2) is 0 Å². The maximum absolute atomic E-state index is 12.9. The Kier molecular flexibility index (Phi) is 5.73. The molecule has 2 atom stereocenters. The van der Waals surface area contributed by atoms with Gasteiger partial charge in [0.15, 0.2) is 0 Å². The highest BCUT2D eigenvalue weighted by molar-refractivity contribution is 5.95. The molecule has 2 amide bonds. The number of ether oxygens (including phenoxy) is 1. The molecule has 3 heterocycles. The largest absolute Gasteiger partial charge is 0.378 e. The van der Waals surface area contributed by atoms with Gasteiger partial charge in [-0.3, -0.25) is 14.7 Å². The van der Waals surface area contributed by atoms with Crippen molar-refractivity contribution in [3.05, 3.63) is 17.5 Å². The molecule has 2 saturated heterocycles. The lowest BCUT2D eigenvalue weighted by Crippen LogP contribution is -2.41. The van der Waals surface area contributed by atoms with Crippen molar-refractivity contribution in [3.8, 4) is 0 Å². The van der Waals surface area contributed by atoms with Crippen LogP contribution in [0.4, 0.5) is 0 Å². The smallest absolute Gasteiger partial charge is 0.256 e. The Morgan fingerprint density at radius 1 is 1.28 bits per heavy atom. The van der Waals surface area contributed by atoms with Crippen LogP contribution in [-0.4, -0.2) is 65.2 Å². The molecule has 1 aromatic rings. The van der Waals surface area contributed by atoms with Crippen molar-refractivity contribution >= 4 is 11.8 Å².